The molecule has 0 radical (unpaired) electrons. The summed E-state index contributed by atoms with van der Waals surface area (Å²) in [4.78, 5) is 0. The lowest BCUT2D eigenvalue weighted by molar-refractivity contribution is 0.310. The fourth-order valence-electron chi connectivity index (χ4n) is 2.91. The number of benzene rings is 1. The van der Waals surface area contributed by atoms with E-state index in [4.69, 9.17) is 0 Å². The molecule has 2 unspecified atom stereocenters. The molecule has 0 amide bonds. The van der Waals surface area contributed by atoms with Crippen LogP contribution in [0.2, 0.25) is 0 Å². The molecular weight excluding hydrogens is 168 g/mol. The van der Waals surface area contributed by atoms with Gasteiger partial charge < -0.3 is 0 Å². The molecule has 1 aromatic rings. The smallest absolute Gasteiger partial charge is 0.00980 e. The second-order valence-corrected chi connectivity index (χ2v) is 5.44. The van der Waals surface area contributed by atoms with Gasteiger partial charge >= 0.3 is 0 Å². The minimum Gasteiger partial charge on any atom is -0.0620 e. The van der Waals surface area contributed by atoms with E-state index in [0.29, 0.717) is 5.41 Å². The largest absolute Gasteiger partial charge is 0.0620 e. The Morgan fingerprint density at radius 2 is 1.79 bits per heavy atom. The number of fused-ring (bicyclic) bond motifs is 1. The van der Waals surface area contributed by atoms with E-state index in [-0.39, 0.29) is 0 Å². The van der Waals surface area contributed by atoms with Gasteiger partial charge in [-0.15, -0.1) is 0 Å². The Kier molecular flexibility index (Phi) is 2.17. The molecule has 0 heterocycles. The maximum atomic E-state index is 2.38. The number of hydrogen-bond donors (Lipinski definition) is 0. The van der Waals surface area contributed by atoms with Crippen LogP contribution in [-0.2, 0) is 5.41 Å². The highest BCUT2D eigenvalue weighted by molar-refractivity contribution is 5.38. The highest BCUT2D eigenvalue weighted by Crippen LogP contribution is 2.45. The SMILES string of the molecule is CC1CC(C)(C)c2ccccc2C1C. The van der Waals surface area contributed by atoms with Gasteiger partial charge in [0.2, 0.25) is 0 Å². The third kappa shape index (κ3) is 1.37. The van der Waals surface area contributed by atoms with Crippen LogP contribution in [0.4, 0.5) is 0 Å². The van der Waals surface area contributed by atoms with E-state index in [1.54, 1.807) is 11.1 Å². The van der Waals surface area contributed by atoms with Crippen molar-refractivity contribution in [1.29, 1.82) is 0 Å². The Balaban J connectivity index is 2.56. The van der Waals surface area contributed by atoms with Gasteiger partial charge in [-0.3, -0.25) is 0 Å². The zero-order valence-electron chi connectivity index (χ0n) is 9.67. The molecule has 0 nitrogen and oxygen atoms in total. The van der Waals surface area contributed by atoms with E-state index < -0.39 is 0 Å². The first kappa shape index (κ1) is 9.76. The van der Waals surface area contributed by atoms with Gasteiger partial charge in [0.05, 0.1) is 0 Å². The molecule has 0 bridgehead atoms. The summed E-state index contributed by atoms with van der Waals surface area (Å²) in [6, 6.07) is 8.95. The fraction of sp³-hybridized carbons (Fsp3) is 0.571. The summed E-state index contributed by atoms with van der Waals surface area (Å²) in [5.41, 5.74) is 3.49. The van der Waals surface area contributed by atoms with Gasteiger partial charge in [0.1, 0.15) is 0 Å². The van der Waals surface area contributed by atoms with E-state index in [9.17, 15) is 0 Å². The molecule has 0 aromatic heterocycles. The van der Waals surface area contributed by atoms with Crippen molar-refractivity contribution in [3.05, 3.63) is 35.4 Å². The minimum atomic E-state index is 0.364. The zero-order valence-corrected chi connectivity index (χ0v) is 9.67. The average Bonchev–Trinajstić information content (AvgIpc) is 2.14. The van der Waals surface area contributed by atoms with Crippen LogP contribution in [-0.4, -0.2) is 0 Å². The highest BCUT2D eigenvalue weighted by Gasteiger charge is 2.34. The van der Waals surface area contributed by atoms with Crippen LogP contribution in [0.25, 0.3) is 0 Å². The molecule has 14 heavy (non-hydrogen) atoms. The van der Waals surface area contributed by atoms with Crippen molar-refractivity contribution < 1.29 is 0 Å². The Morgan fingerprint density at radius 1 is 1.14 bits per heavy atom. The van der Waals surface area contributed by atoms with Gasteiger partial charge in [0, 0.05) is 0 Å². The van der Waals surface area contributed by atoms with Gasteiger partial charge in [0.25, 0.3) is 0 Å². The third-order valence-corrected chi connectivity index (χ3v) is 3.87. The summed E-state index contributed by atoms with van der Waals surface area (Å²) in [6.45, 7) is 9.48. The lowest BCUT2D eigenvalue weighted by Crippen LogP contribution is -2.30. The van der Waals surface area contributed by atoms with Crippen LogP contribution < -0.4 is 0 Å². The molecule has 2 rings (SSSR count). The molecular formula is C14H20. The topological polar surface area (TPSA) is 0 Å². The van der Waals surface area contributed by atoms with Crippen LogP contribution in [0.5, 0.6) is 0 Å². The molecule has 0 saturated heterocycles. The van der Waals surface area contributed by atoms with Crippen molar-refractivity contribution in [2.24, 2.45) is 5.92 Å². The molecule has 0 fully saturated rings. The van der Waals surface area contributed by atoms with Crippen molar-refractivity contribution in [3.8, 4) is 0 Å². The first-order valence-electron chi connectivity index (χ1n) is 5.62. The molecule has 76 valence electrons. The molecule has 1 aromatic carbocycles. The van der Waals surface area contributed by atoms with Crippen molar-refractivity contribution in [2.45, 2.75) is 45.4 Å². The van der Waals surface area contributed by atoms with E-state index >= 15 is 0 Å². The molecule has 0 spiro atoms. The molecule has 1 aliphatic rings. The van der Waals surface area contributed by atoms with E-state index in [1.165, 1.54) is 6.42 Å². The van der Waals surface area contributed by atoms with Gasteiger partial charge in [0.15, 0.2) is 0 Å². The maximum absolute atomic E-state index is 2.38. The van der Waals surface area contributed by atoms with Crippen molar-refractivity contribution in [3.63, 3.8) is 0 Å². The summed E-state index contributed by atoms with van der Waals surface area (Å²) in [7, 11) is 0. The monoisotopic (exact) mass is 188 g/mol. The number of hydrogen-bond acceptors (Lipinski definition) is 0. The Bertz CT molecular complexity index is 336. The van der Waals surface area contributed by atoms with Gasteiger partial charge in [-0.05, 0) is 34.8 Å². The van der Waals surface area contributed by atoms with Crippen LogP contribution in [0.1, 0.15) is 51.2 Å². The van der Waals surface area contributed by atoms with Crippen LogP contribution >= 0.6 is 0 Å². The lowest BCUT2D eigenvalue weighted by Gasteiger charge is -2.40. The minimum absolute atomic E-state index is 0.364. The molecule has 0 heteroatoms. The quantitative estimate of drug-likeness (QED) is 0.575. The predicted octanol–water partition coefficient (Wildman–Crippen LogP) is 4.11. The summed E-state index contributed by atoms with van der Waals surface area (Å²) in [5.74, 6) is 1.53. The van der Waals surface area contributed by atoms with Gasteiger partial charge in [-0.25, -0.2) is 0 Å². The predicted molar refractivity (Wildman–Crippen MR) is 61.7 cm³/mol. The van der Waals surface area contributed by atoms with Gasteiger partial charge in [-0.2, -0.15) is 0 Å². The fourth-order valence-corrected chi connectivity index (χ4v) is 2.91. The summed E-state index contributed by atoms with van der Waals surface area (Å²) >= 11 is 0. The molecule has 0 saturated carbocycles. The normalized spacial score (nSPS) is 29.7. The number of rotatable bonds is 0. The molecule has 1 aliphatic carbocycles. The molecule has 0 aliphatic heterocycles. The van der Waals surface area contributed by atoms with E-state index in [2.05, 4.69) is 52.0 Å². The first-order chi connectivity index (χ1) is 6.52. The molecule has 0 N–H and O–H groups in total. The van der Waals surface area contributed by atoms with Crippen LogP contribution in [0.15, 0.2) is 24.3 Å². The summed E-state index contributed by atoms with van der Waals surface area (Å²) < 4.78 is 0. The summed E-state index contributed by atoms with van der Waals surface area (Å²) in [5, 5.41) is 0. The van der Waals surface area contributed by atoms with Crippen molar-refractivity contribution >= 4 is 0 Å². The highest BCUT2D eigenvalue weighted by atomic mass is 14.4. The summed E-state index contributed by atoms with van der Waals surface area (Å²) in [6.07, 6.45) is 1.31. The second kappa shape index (κ2) is 3.12. The van der Waals surface area contributed by atoms with Crippen molar-refractivity contribution in [2.75, 3.05) is 0 Å². The Labute approximate surface area is 87.3 Å². The standard InChI is InChI=1S/C14H20/c1-10-9-14(3,4)13-8-6-5-7-12(13)11(10)2/h5-8,10-11H,9H2,1-4H3. The average molecular weight is 188 g/mol. The van der Waals surface area contributed by atoms with Crippen LogP contribution in [0, 0.1) is 5.92 Å². The first-order valence-corrected chi connectivity index (χ1v) is 5.62. The van der Waals surface area contributed by atoms with Crippen molar-refractivity contribution in [1.82, 2.24) is 0 Å². The third-order valence-electron chi connectivity index (χ3n) is 3.87. The van der Waals surface area contributed by atoms with Gasteiger partial charge in [-0.1, -0.05) is 52.0 Å². The Hall–Kier alpha value is -0.780. The molecule has 2 atom stereocenters. The maximum Gasteiger partial charge on any atom is -0.00980 e. The Morgan fingerprint density at radius 3 is 2.50 bits per heavy atom. The van der Waals surface area contributed by atoms with Crippen LogP contribution in [0.3, 0.4) is 0 Å². The van der Waals surface area contributed by atoms with E-state index in [0.717, 1.165) is 11.8 Å². The second-order valence-electron chi connectivity index (χ2n) is 5.44. The van der Waals surface area contributed by atoms with E-state index in [1.807, 2.05) is 0 Å². The zero-order chi connectivity index (χ0) is 10.3. The lowest BCUT2D eigenvalue weighted by atomic mass is 9.65.